The normalized spacial score (nSPS) is 15.4. The molecule has 2 aromatic heterocycles. The van der Waals surface area contributed by atoms with Gasteiger partial charge in [-0.05, 0) is 25.1 Å². The minimum atomic E-state index is -0.378. The molecule has 4 rings (SSSR count). The van der Waals surface area contributed by atoms with E-state index >= 15 is 0 Å². The molecule has 1 amide bonds. The van der Waals surface area contributed by atoms with E-state index in [1.54, 1.807) is 25.4 Å². The van der Waals surface area contributed by atoms with Crippen molar-refractivity contribution in [3.8, 4) is 17.1 Å². The first-order valence-corrected chi connectivity index (χ1v) is 8.06. The second-order valence-electron chi connectivity index (χ2n) is 5.93. The van der Waals surface area contributed by atoms with E-state index in [2.05, 4.69) is 20.3 Å². The summed E-state index contributed by atoms with van der Waals surface area (Å²) in [7, 11) is 0. The Labute approximate surface area is 148 Å². The number of carbonyl (C=O) groups is 1. The van der Waals surface area contributed by atoms with Crippen LogP contribution in [-0.2, 0) is 6.42 Å². The summed E-state index contributed by atoms with van der Waals surface area (Å²) in [6.45, 7) is 1.94. The van der Waals surface area contributed by atoms with Gasteiger partial charge in [0.15, 0.2) is 12.2 Å². The summed E-state index contributed by atoms with van der Waals surface area (Å²) in [5.74, 6) is 0.372. The van der Waals surface area contributed by atoms with E-state index < -0.39 is 0 Å². The Hall–Kier alpha value is -3.29. The van der Waals surface area contributed by atoms with Gasteiger partial charge in [-0.15, -0.1) is 0 Å². The number of oxazole rings is 1. The first-order chi connectivity index (χ1) is 12.6. The van der Waals surface area contributed by atoms with E-state index in [-0.39, 0.29) is 30.1 Å². The summed E-state index contributed by atoms with van der Waals surface area (Å²) >= 11 is 0. The van der Waals surface area contributed by atoms with Crippen LogP contribution in [0.5, 0.6) is 5.75 Å². The molecule has 3 heterocycles. The van der Waals surface area contributed by atoms with Crippen molar-refractivity contribution in [2.24, 2.45) is 0 Å². The molecule has 0 saturated carbocycles. The fourth-order valence-electron chi connectivity index (χ4n) is 2.92. The molecule has 1 atom stereocenters. The number of hydrogen-bond acceptors (Lipinski definition) is 6. The molecule has 26 heavy (non-hydrogen) atoms. The average Bonchev–Trinajstić information content (AvgIpc) is 3.25. The van der Waals surface area contributed by atoms with E-state index in [0.717, 1.165) is 5.56 Å². The second kappa shape index (κ2) is 6.55. The fraction of sp³-hybridized carbons (Fsp3) is 0.222. The number of aryl methyl sites for hydroxylation is 1. The van der Waals surface area contributed by atoms with E-state index in [1.165, 1.54) is 18.5 Å². The number of fused-ring (bicyclic) bond motifs is 1. The van der Waals surface area contributed by atoms with Crippen LogP contribution >= 0.6 is 0 Å². The quantitative estimate of drug-likeness (QED) is 0.773. The first kappa shape index (κ1) is 16.2. The number of hydrogen-bond donors (Lipinski definition) is 1. The summed E-state index contributed by atoms with van der Waals surface area (Å²) in [5.41, 5.74) is 1.74. The molecule has 0 fully saturated rings. The van der Waals surface area contributed by atoms with E-state index in [1.807, 2.05) is 0 Å². The molecule has 0 aliphatic carbocycles. The van der Waals surface area contributed by atoms with Crippen molar-refractivity contribution in [2.45, 2.75) is 19.4 Å². The van der Waals surface area contributed by atoms with Gasteiger partial charge in [0.1, 0.15) is 17.7 Å². The summed E-state index contributed by atoms with van der Waals surface area (Å²) < 4.78 is 25.0. The average molecular weight is 354 g/mol. The number of nitrogens with one attached hydrogen (secondary N) is 1. The van der Waals surface area contributed by atoms with Gasteiger partial charge in [-0.1, -0.05) is 0 Å². The third kappa shape index (κ3) is 3.01. The van der Waals surface area contributed by atoms with Crippen molar-refractivity contribution in [2.75, 3.05) is 6.54 Å². The monoisotopic (exact) mass is 354 g/mol. The van der Waals surface area contributed by atoms with Crippen LogP contribution in [0.1, 0.15) is 21.8 Å². The molecule has 0 saturated heterocycles. The van der Waals surface area contributed by atoms with E-state index in [0.29, 0.717) is 29.3 Å². The Bertz CT molecular complexity index is 958. The van der Waals surface area contributed by atoms with Gasteiger partial charge in [-0.3, -0.25) is 4.79 Å². The molecule has 7 nitrogen and oxygen atoms in total. The molecule has 1 aromatic carbocycles. The summed E-state index contributed by atoms with van der Waals surface area (Å²) in [6, 6.07) is 4.48. The predicted octanol–water partition coefficient (Wildman–Crippen LogP) is 2.31. The van der Waals surface area contributed by atoms with Gasteiger partial charge in [0.05, 0.1) is 17.8 Å². The number of nitrogens with zero attached hydrogens (tertiary/aromatic N) is 3. The van der Waals surface area contributed by atoms with Crippen LogP contribution in [0.4, 0.5) is 4.39 Å². The highest BCUT2D eigenvalue weighted by atomic mass is 19.1. The Morgan fingerprint density at radius 1 is 1.31 bits per heavy atom. The molecule has 1 aliphatic heterocycles. The lowest BCUT2D eigenvalue weighted by molar-refractivity contribution is 0.0905. The first-order valence-electron chi connectivity index (χ1n) is 8.06. The third-order valence-corrected chi connectivity index (χ3v) is 4.11. The maximum atomic E-state index is 14.0. The zero-order chi connectivity index (χ0) is 18.1. The largest absolute Gasteiger partial charge is 0.487 e. The van der Waals surface area contributed by atoms with Crippen molar-refractivity contribution < 1.29 is 18.3 Å². The van der Waals surface area contributed by atoms with Crippen LogP contribution < -0.4 is 10.1 Å². The molecular weight excluding hydrogens is 339 g/mol. The maximum Gasteiger partial charge on any atom is 0.289 e. The van der Waals surface area contributed by atoms with Crippen molar-refractivity contribution in [1.29, 1.82) is 0 Å². The molecule has 8 heteroatoms. The van der Waals surface area contributed by atoms with Crippen LogP contribution in [0.25, 0.3) is 11.4 Å². The number of amides is 1. The third-order valence-electron chi connectivity index (χ3n) is 4.11. The molecule has 0 spiro atoms. The summed E-state index contributed by atoms with van der Waals surface area (Å²) in [6.07, 6.45) is 4.56. The summed E-state index contributed by atoms with van der Waals surface area (Å²) in [5, 5.41) is 2.75. The van der Waals surface area contributed by atoms with E-state index in [4.69, 9.17) is 9.15 Å². The van der Waals surface area contributed by atoms with Crippen LogP contribution in [0.3, 0.4) is 0 Å². The zero-order valence-corrected chi connectivity index (χ0v) is 13.9. The lowest BCUT2D eigenvalue weighted by Crippen LogP contribution is -2.34. The molecule has 0 bridgehead atoms. The Kier molecular flexibility index (Phi) is 4.08. The van der Waals surface area contributed by atoms with Crippen molar-refractivity contribution in [3.63, 3.8) is 0 Å². The van der Waals surface area contributed by atoms with Crippen molar-refractivity contribution in [3.05, 3.63) is 59.8 Å². The molecule has 1 aliphatic rings. The molecule has 1 unspecified atom stereocenters. The van der Waals surface area contributed by atoms with Gasteiger partial charge in [0.2, 0.25) is 5.76 Å². The SMILES string of the molecule is Cc1ncoc1C(=O)NCC1Cc2cc(F)cc(-c3ncccn3)c2O1. The highest BCUT2D eigenvalue weighted by molar-refractivity contribution is 5.92. The second-order valence-corrected chi connectivity index (χ2v) is 5.93. The predicted molar refractivity (Wildman–Crippen MR) is 89.1 cm³/mol. The number of benzene rings is 1. The fourth-order valence-corrected chi connectivity index (χ4v) is 2.92. The van der Waals surface area contributed by atoms with Gasteiger partial charge >= 0.3 is 0 Å². The zero-order valence-electron chi connectivity index (χ0n) is 13.9. The molecule has 3 aromatic rings. The summed E-state index contributed by atoms with van der Waals surface area (Å²) in [4.78, 5) is 24.3. The van der Waals surface area contributed by atoms with E-state index in [9.17, 15) is 9.18 Å². The van der Waals surface area contributed by atoms with Gasteiger partial charge in [0, 0.05) is 24.4 Å². The van der Waals surface area contributed by atoms with Crippen LogP contribution in [0.2, 0.25) is 0 Å². The van der Waals surface area contributed by atoms with Crippen LogP contribution in [-0.4, -0.2) is 33.5 Å². The molecular formula is C18H15FN4O3. The Morgan fingerprint density at radius 3 is 2.85 bits per heavy atom. The number of halogens is 1. The van der Waals surface area contributed by atoms with Crippen molar-refractivity contribution >= 4 is 5.91 Å². The number of rotatable bonds is 4. The topological polar surface area (TPSA) is 90.1 Å². The number of carbonyl (C=O) groups excluding carboxylic acids is 1. The molecule has 132 valence electrons. The standard InChI is InChI=1S/C18H15FN4O3/c1-10-15(25-9-23-10)18(24)22-8-13-6-11-5-12(19)7-14(16(11)26-13)17-20-3-2-4-21-17/h2-5,7,9,13H,6,8H2,1H3,(H,22,24). The van der Waals surface area contributed by atoms with Crippen molar-refractivity contribution in [1.82, 2.24) is 20.3 Å². The number of aromatic nitrogens is 3. The van der Waals surface area contributed by atoms with Gasteiger partial charge < -0.3 is 14.5 Å². The van der Waals surface area contributed by atoms with Gasteiger partial charge in [0.25, 0.3) is 5.91 Å². The highest BCUT2D eigenvalue weighted by Crippen LogP contribution is 2.38. The minimum Gasteiger partial charge on any atom is -0.487 e. The van der Waals surface area contributed by atoms with Crippen LogP contribution in [0, 0.1) is 12.7 Å². The maximum absolute atomic E-state index is 14.0. The minimum absolute atomic E-state index is 0.171. The smallest absolute Gasteiger partial charge is 0.289 e. The number of ether oxygens (including phenoxy) is 1. The lowest BCUT2D eigenvalue weighted by Gasteiger charge is -2.12. The Balaban J connectivity index is 1.51. The van der Waals surface area contributed by atoms with Crippen LogP contribution in [0.15, 0.2) is 41.4 Å². The van der Waals surface area contributed by atoms with Gasteiger partial charge in [-0.25, -0.2) is 19.3 Å². The lowest BCUT2D eigenvalue weighted by atomic mass is 10.1. The Morgan fingerprint density at radius 2 is 2.12 bits per heavy atom. The molecule has 0 radical (unpaired) electrons. The van der Waals surface area contributed by atoms with Gasteiger partial charge in [-0.2, -0.15) is 0 Å². The highest BCUT2D eigenvalue weighted by Gasteiger charge is 2.28. The molecule has 1 N–H and O–H groups in total.